The van der Waals surface area contributed by atoms with Gasteiger partial charge in [0.25, 0.3) is 5.91 Å². The fourth-order valence-corrected chi connectivity index (χ4v) is 4.61. The molecule has 5 nitrogen and oxygen atoms in total. The van der Waals surface area contributed by atoms with Crippen molar-refractivity contribution < 1.29 is 22.8 Å². The van der Waals surface area contributed by atoms with Crippen LogP contribution in [0.4, 0.5) is 18.3 Å². The van der Waals surface area contributed by atoms with Crippen molar-refractivity contribution in [2.45, 2.75) is 19.0 Å². The highest BCUT2D eigenvalue weighted by Crippen LogP contribution is 2.31. The first-order valence-electron chi connectivity index (χ1n) is 10.2. The summed E-state index contributed by atoms with van der Waals surface area (Å²) in [5, 5.41) is 5.70. The van der Waals surface area contributed by atoms with Crippen LogP contribution in [-0.2, 0) is 11.0 Å². The molecule has 10 heteroatoms. The standard InChI is InChI=1S/C23H19ClF3N3O2S/c24-18-4-2-1-3-17(18)19-13-33-22(28-19)29-20(31)14-9-11-30(12-10-14)21(32)15-5-7-16(8-6-15)23(25,26)27/h1-8,13-14H,9-12H2,(H,28,29,31). The van der Waals surface area contributed by atoms with E-state index in [2.05, 4.69) is 10.3 Å². The summed E-state index contributed by atoms with van der Waals surface area (Å²) in [4.78, 5) is 31.3. The summed E-state index contributed by atoms with van der Waals surface area (Å²) in [6.07, 6.45) is -3.53. The molecule has 172 valence electrons. The number of carbonyl (C=O) groups is 2. The van der Waals surface area contributed by atoms with E-state index < -0.39 is 11.7 Å². The minimum absolute atomic E-state index is 0.170. The third-order valence-corrected chi connectivity index (χ3v) is 6.58. The molecule has 0 radical (unpaired) electrons. The van der Waals surface area contributed by atoms with E-state index >= 15 is 0 Å². The molecule has 2 aromatic carbocycles. The van der Waals surface area contributed by atoms with Crippen LogP contribution in [0.1, 0.15) is 28.8 Å². The molecule has 1 aromatic heterocycles. The van der Waals surface area contributed by atoms with E-state index in [4.69, 9.17) is 11.6 Å². The molecule has 33 heavy (non-hydrogen) atoms. The molecule has 0 aliphatic carbocycles. The number of likely N-dealkylation sites (tertiary alicyclic amines) is 1. The van der Waals surface area contributed by atoms with E-state index in [-0.39, 0.29) is 23.3 Å². The third-order valence-electron chi connectivity index (χ3n) is 5.50. The number of anilines is 1. The quantitative estimate of drug-likeness (QED) is 0.487. The number of hydrogen-bond donors (Lipinski definition) is 1. The van der Waals surface area contributed by atoms with Crippen LogP contribution in [0, 0.1) is 5.92 Å². The van der Waals surface area contributed by atoms with Gasteiger partial charge in [-0.3, -0.25) is 9.59 Å². The van der Waals surface area contributed by atoms with Crippen LogP contribution in [-0.4, -0.2) is 34.8 Å². The van der Waals surface area contributed by atoms with Crippen LogP contribution in [0.15, 0.2) is 53.9 Å². The summed E-state index contributed by atoms with van der Waals surface area (Å²) < 4.78 is 38.1. The molecule has 1 N–H and O–H groups in total. The molecule has 1 aliphatic heterocycles. The van der Waals surface area contributed by atoms with Crippen molar-refractivity contribution in [1.82, 2.24) is 9.88 Å². The molecule has 0 atom stereocenters. The van der Waals surface area contributed by atoms with Crippen molar-refractivity contribution in [3.63, 3.8) is 0 Å². The Morgan fingerprint density at radius 3 is 2.36 bits per heavy atom. The number of benzene rings is 2. The monoisotopic (exact) mass is 493 g/mol. The minimum Gasteiger partial charge on any atom is -0.339 e. The van der Waals surface area contributed by atoms with Gasteiger partial charge in [-0.15, -0.1) is 11.3 Å². The molecule has 1 aliphatic rings. The van der Waals surface area contributed by atoms with Crippen molar-refractivity contribution in [1.29, 1.82) is 0 Å². The molecule has 4 rings (SSSR count). The second-order valence-corrected chi connectivity index (χ2v) is 8.91. The number of hydrogen-bond acceptors (Lipinski definition) is 4. The molecule has 1 saturated heterocycles. The molecule has 3 aromatic rings. The Kier molecular flexibility index (Phi) is 6.71. The molecule has 2 amide bonds. The average Bonchev–Trinajstić information content (AvgIpc) is 3.26. The van der Waals surface area contributed by atoms with Crippen molar-refractivity contribution in [2.75, 3.05) is 18.4 Å². The first kappa shape index (κ1) is 23.3. The lowest BCUT2D eigenvalue weighted by atomic mass is 9.95. The van der Waals surface area contributed by atoms with Gasteiger partial charge in [0.05, 0.1) is 11.3 Å². The van der Waals surface area contributed by atoms with Crippen molar-refractivity contribution >= 4 is 39.9 Å². The highest BCUT2D eigenvalue weighted by molar-refractivity contribution is 7.14. The summed E-state index contributed by atoms with van der Waals surface area (Å²) in [6.45, 7) is 0.696. The lowest BCUT2D eigenvalue weighted by molar-refractivity contribution is -0.137. The van der Waals surface area contributed by atoms with Crippen LogP contribution >= 0.6 is 22.9 Å². The van der Waals surface area contributed by atoms with Gasteiger partial charge in [0.15, 0.2) is 5.13 Å². The number of aromatic nitrogens is 1. The van der Waals surface area contributed by atoms with Gasteiger partial charge in [0, 0.05) is 40.5 Å². The van der Waals surface area contributed by atoms with Gasteiger partial charge >= 0.3 is 6.18 Å². The molecule has 0 spiro atoms. The number of thiazole rings is 1. The first-order valence-corrected chi connectivity index (χ1v) is 11.5. The fourth-order valence-electron chi connectivity index (χ4n) is 3.66. The van der Waals surface area contributed by atoms with Crippen LogP contribution in [0.5, 0.6) is 0 Å². The number of alkyl halides is 3. The Balaban J connectivity index is 1.32. The second-order valence-electron chi connectivity index (χ2n) is 7.65. The number of nitrogens with one attached hydrogen (secondary N) is 1. The molecule has 0 bridgehead atoms. The summed E-state index contributed by atoms with van der Waals surface area (Å²) in [6, 6.07) is 11.5. The lowest BCUT2D eigenvalue weighted by Gasteiger charge is -2.31. The summed E-state index contributed by atoms with van der Waals surface area (Å²) in [5.74, 6) is -0.794. The summed E-state index contributed by atoms with van der Waals surface area (Å²) in [5.41, 5.74) is 0.860. The SMILES string of the molecule is O=C(Nc1nc(-c2ccccc2Cl)cs1)C1CCN(C(=O)c2ccc(C(F)(F)F)cc2)CC1. The normalized spacial score (nSPS) is 14.8. The number of piperidine rings is 1. The van der Waals surface area contributed by atoms with E-state index in [1.165, 1.54) is 23.5 Å². The van der Waals surface area contributed by atoms with Gasteiger partial charge < -0.3 is 10.2 Å². The number of carbonyl (C=O) groups excluding carboxylic acids is 2. The average molecular weight is 494 g/mol. The Hall–Kier alpha value is -2.91. The minimum atomic E-state index is -4.45. The second kappa shape index (κ2) is 9.52. The number of amides is 2. The topological polar surface area (TPSA) is 62.3 Å². The van der Waals surface area contributed by atoms with Gasteiger partial charge in [0.2, 0.25) is 5.91 Å². The Bertz CT molecular complexity index is 1160. The van der Waals surface area contributed by atoms with Gasteiger partial charge in [-0.2, -0.15) is 13.2 Å². The Morgan fingerprint density at radius 2 is 1.73 bits per heavy atom. The molecular formula is C23H19ClF3N3O2S. The van der Waals surface area contributed by atoms with E-state index in [0.29, 0.717) is 41.8 Å². The Morgan fingerprint density at radius 1 is 1.06 bits per heavy atom. The maximum Gasteiger partial charge on any atom is 0.416 e. The summed E-state index contributed by atoms with van der Waals surface area (Å²) in [7, 11) is 0. The summed E-state index contributed by atoms with van der Waals surface area (Å²) >= 11 is 7.51. The van der Waals surface area contributed by atoms with Crippen LogP contribution in [0.25, 0.3) is 11.3 Å². The van der Waals surface area contributed by atoms with Crippen LogP contribution in [0.3, 0.4) is 0 Å². The van der Waals surface area contributed by atoms with E-state index in [1.54, 1.807) is 11.0 Å². The fraction of sp³-hybridized carbons (Fsp3) is 0.261. The van der Waals surface area contributed by atoms with Crippen LogP contribution in [0.2, 0.25) is 5.02 Å². The molecule has 1 fully saturated rings. The van der Waals surface area contributed by atoms with Gasteiger partial charge in [-0.05, 0) is 43.2 Å². The van der Waals surface area contributed by atoms with E-state index in [0.717, 1.165) is 17.7 Å². The zero-order valence-corrected chi connectivity index (χ0v) is 18.8. The van der Waals surface area contributed by atoms with Gasteiger partial charge in [-0.1, -0.05) is 29.8 Å². The molecule has 0 unspecified atom stereocenters. The molecule has 2 heterocycles. The van der Waals surface area contributed by atoms with E-state index in [9.17, 15) is 22.8 Å². The highest BCUT2D eigenvalue weighted by Gasteiger charge is 2.31. The number of rotatable bonds is 4. The molecular weight excluding hydrogens is 475 g/mol. The van der Waals surface area contributed by atoms with Crippen molar-refractivity contribution in [2.24, 2.45) is 5.92 Å². The van der Waals surface area contributed by atoms with Crippen molar-refractivity contribution in [3.05, 3.63) is 70.1 Å². The zero-order chi connectivity index (χ0) is 23.6. The lowest BCUT2D eigenvalue weighted by Crippen LogP contribution is -2.41. The predicted molar refractivity (Wildman–Crippen MR) is 121 cm³/mol. The molecule has 0 saturated carbocycles. The smallest absolute Gasteiger partial charge is 0.339 e. The zero-order valence-electron chi connectivity index (χ0n) is 17.2. The van der Waals surface area contributed by atoms with Crippen LogP contribution < -0.4 is 5.32 Å². The van der Waals surface area contributed by atoms with Gasteiger partial charge in [-0.25, -0.2) is 4.98 Å². The number of nitrogens with zero attached hydrogens (tertiary/aromatic N) is 2. The Labute approximate surface area is 197 Å². The first-order chi connectivity index (χ1) is 15.7. The number of halogens is 4. The third kappa shape index (κ3) is 5.36. The van der Waals surface area contributed by atoms with Gasteiger partial charge in [0.1, 0.15) is 0 Å². The largest absolute Gasteiger partial charge is 0.416 e. The highest BCUT2D eigenvalue weighted by atomic mass is 35.5. The van der Waals surface area contributed by atoms with Crippen molar-refractivity contribution in [3.8, 4) is 11.3 Å². The van der Waals surface area contributed by atoms with E-state index in [1.807, 2.05) is 23.6 Å². The maximum atomic E-state index is 12.7. The predicted octanol–water partition coefficient (Wildman–Crippen LogP) is 5.97. The maximum absolute atomic E-state index is 12.7.